The van der Waals surface area contributed by atoms with Crippen LogP contribution in [0.3, 0.4) is 0 Å². The third kappa shape index (κ3) is 2.64. The van der Waals surface area contributed by atoms with Crippen molar-refractivity contribution in [2.24, 2.45) is 0 Å². The lowest BCUT2D eigenvalue weighted by atomic mass is 10.2. The largest absolute Gasteiger partial charge is 0.392 e. The van der Waals surface area contributed by atoms with E-state index in [1.54, 1.807) is 0 Å². The van der Waals surface area contributed by atoms with Crippen molar-refractivity contribution in [2.75, 3.05) is 23.0 Å². The number of aliphatic hydroxyl groups excluding tert-OH is 1. The standard InChI is InChI=1S/C12H18N2O3S/c1-9-8-18(16,17)6-5-14(9)12-4-3-11(7-15)10(2)13-12/h3-4,9,15H,5-8H2,1-2H3. The van der Waals surface area contributed by atoms with E-state index >= 15 is 0 Å². The fraction of sp³-hybridized carbons (Fsp3) is 0.583. The minimum Gasteiger partial charge on any atom is -0.392 e. The summed E-state index contributed by atoms with van der Waals surface area (Å²) in [4.78, 5) is 6.45. The SMILES string of the molecule is Cc1nc(N2CCS(=O)(=O)CC2C)ccc1CO. The molecule has 100 valence electrons. The fourth-order valence-corrected chi connectivity index (χ4v) is 3.80. The highest BCUT2D eigenvalue weighted by Gasteiger charge is 2.28. The summed E-state index contributed by atoms with van der Waals surface area (Å²) in [5, 5.41) is 9.11. The van der Waals surface area contributed by atoms with E-state index in [0.29, 0.717) is 6.54 Å². The van der Waals surface area contributed by atoms with Crippen LogP contribution in [0.1, 0.15) is 18.2 Å². The van der Waals surface area contributed by atoms with E-state index < -0.39 is 9.84 Å². The number of aryl methyl sites for hydroxylation is 1. The van der Waals surface area contributed by atoms with Gasteiger partial charge in [0.2, 0.25) is 0 Å². The van der Waals surface area contributed by atoms with Crippen LogP contribution in [0.2, 0.25) is 0 Å². The van der Waals surface area contributed by atoms with Crippen LogP contribution in [-0.2, 0) is 16.4 Å². The Morgan fingerprint density at radius 2 is 2.22 bits per heavy atom. The van der Waals surface area contributed by atoms with Crippen LogP contribution in [0.15, 0.2) is 12.1 Å². The number of rotatable bonds is 2. The van der Waals surface area contributed by atoms with Crippen LogP contribution in [0.4, 0.5) is 5.82 Å². The van der Waals surface area contributed by atoms with Crippen molar-refractivity contribution in [2.45, 2.75) is 26.5 Å². The first-order valence-electron chi connectivity index (χ1n) is 5.97. The van der Waals surface area contributed by atoms with Crippen molar-refractivity contribution >= 4 is 15.7 Å². The zero-order valence-electron chi connectivity index (χ0n) is 10.6. The maximum Gasteiger partial charge on any atom is 0.154 e. The Morgan fingerprint density at radius 3 is 2.78 bits per heavy atom. The molecule has 1 aliphatic rings. The number of pyridine rings is 1. The van der Waals surface area contributed by atoms with Gasteiger partial charge in [-0.05, 0) is 25.5 Å². The molecule has 2 heterocycles. The molecule has 1 N–H and O–H groups in total. The molecule has 1 aliphatic heterocycles. The number of hydrogen-bond acceptors (Lipinski definition) is 5. The topological polar surface area (TPSA) is 70.5 Å². The predicted molar refractivity (Wildman–Crippen MR) is 70.4 cm³/mol. The molecule has 5 nitrogen and oxygen atoms in total. The zero-order valence-corrected chi connectivity index (χ0v) is 11.4. The van der Waals surface area contributed by atoms with Gasteiger partial charge in [0.25, 0.3) is 0 Å². The number of aromatic nitrogens is 1. The first kappa shape index (κ1) is 13.3. The van der Waals surface area contributed by atoms with Crippen LogP contribution in [0.25, 0.3) is 0 Å². The Morgan fingerprint density at radius 1 is 1.50 bits per heavy atom. The Kier molecular flexibility index (Phi) is 3.59. The predicted octanol–water partition coefficient (Wildman–Crippen LogP) is 0.506. The van der Waals surface area contributed by atoms with Gasteiger partial charge in [-0.15, -0.1) is 0 Å². The molecule has 0 aromatic carbocycles. The van der Waals surface area contributed by atoms with Crippen LogP contribution in [0.5, 0.6) is 0 Å². The van der Waals surface area contributed by atoms with Gasteiger partial charge >= 0.3 is 0 Å². The van der Waals surface area contributed by atoms with Crippen LogP contribution < -0.4 is 4.90 Å². The van der Waals surface area contributed by atoms with E-state index in [1.165, 1.54) is 0 Å². The Balaban J connectivity index is 2.25. The van der Waals surface area contributed by atoms with Gasteiger partial charge in [-0.25, -0.2) is 13.4 Å². The summed E-state index contributed by atoms with van der Waals surface area (Å²) >= 11 is 0. The van der Waals surface area contributed by atoms with Crippen LogP contribution >= 0.6 is 0 Å². The van der Waals surface area contributed by atoms with Gasteiger partial charge in [-0.2, -0.15) is 0 Å². The quantitative estimate of drug-likeness (QED) is 0.847. The molecule has 18 heavy (non-hydrogen) atoms. The Bertz CT molecular complexity index is 542. The van der Waals surface area contributed by atoms with E-state index in [-0.39, 0.29) is 24.2 Å². The molecule has 0 radical (unpaired) electrons. The third-order valence-corrected chi connectivity index (χ3v) is 5.11. The molecular weight excluding hydrogens is 252 g/mol. The van der Waals surface area contributed by atoms with E-state index in [4.69, 9.17) is 5.11 Å². The monoisotopic (exact) mass is 270 g/mol. The molecule has 1 atom stereocenters. The third-order valence-electron chi connectivity index (χ3n) is 3.32. The molecule has 0 spiro atoms. The number of aliphatic hydroxyl groups is 1. The minimum absolute atomic E-state index is 0.0248. The van der Waals surface area contributed by atoms with E-state index in [9.17, 15) is 8.42 Å². The van der Waals surface area contributed by atoms with Crippen molar-refractivity contribution < 1.29 is 13.5 Å². The van der Waals surface area contributed by atoms with Gasteiger partial charge in [-0.1, -0.05) is 6.07 Å². The number of anilines is 1. The highest BCUT2D eigenvalue weighted by Crippen LogP contribution is 2.21. The molecule has 0 bridgehead atoms. The lowest BCUT2D eigenvalue weighted by Crippen LogP contribution is -2.47. The second-order valence-corrected chi connectivity index (χ2v) is 6.96. The van der Waals surface area contributed by atoms with E-state index in [2.05, 4.69) is 4.98 Å². The summed E-state index contributed by atoms with van der Waals surface area (Å²) in [5.74, 6) is 1.14. The summed E-state index contributed by atoms with van der Waals surface area (Å²) in [6.45, 7) is 4.20. The Labute approximate surface area is 107 Å². The van der Waals surface area contributed by atoms with E-state index in [1.807, 2.05) is 30.9 Å². The van der Waals surface area contributed by atoms with Crippen LogP contribution in [0, 0.1) is 6.92 Å². The fourth-order valence-electron chi connectivity index (χ4n) is 2.24. The first-order valence-corrected chi connectivity index (χ1v) is 7.79. The summed E-state index contributed by atoms with van der Waals surface area (Å²) in [6, 6.07) is 3.62. The van der Waals surface area contributed by atoms with Gasteiger partial charge < -0.3 is 10.0 Å². The normalized spacial score (nSPS) is 23.1. The molecule has 1 fully saturated rings. The highest BCUT2D eigenvalue weighted by atomic mass is 32.2. The molecule has 6 heteroatoms. The molecular formula is C12H18N2O3S. The highest BCUT2D eigenvalue weighted by molar-refractivity contribution is 7.91. The molecule has 0 aliphatic carbocycles. The zero-order chi connectivity index (χ0) is 13.3. The van der Waals surface area contributed by atoms with Crippen molar-refractivity contribution in [1.29, 1.82) is 0 Å². The summed E-state index contributed by atoms with van der Waals surface area (Å²) in [5.41, 5.74) is 1.59. The van der Waals surface area contributed by atoms with Crippen molar-refractivity contribution in [3.8, 4) is 0 Å². The maximum atomic E-state index is 11.5. The summed E-state index contributed by atoms with van der Waals surface area (Å²) < 4.78 is 23.1. The molecule has 1 aromatic rings. The second-order valence-electron chi connectivity index (χ2n) is 4.73. The second kappa shape index (κ2) is 4.85. The molecule has 0 saturated carbocycles. The van der Waals surface area contributed by atoms with Crippen molar-refractivity contribution in [3.05, 3.63) is 23.4 Å². The average molecular weight is 270 g/mol. The van der Waals surface area contributed by atoms with Gasteiger partial charge in [0.05, 0.1) is 18.1 Å². The summed E-state index contributed by atoms with van der Waals surface area (Å²) in [6.07, 6.45) is 0. The summed E-state index contributed by atoms with van der Waals surface area (Å²) in [7, 11) is -2.91. The lowest BCUT2D eigenvalue weighted by Gasteiger charge is -2.34. The maximum absolute atomic E-state index is 11.5. The molecule has 1 saturated heterocycles. The first-order chi connectivity index (χ1) is 8.43. The Hall–Kier alpha value is -1.14. The smallest absolute Gasteiger partial charge is 0.154 e. The van der Waals surface area contributed by atoms with Gasteiger partial charge in [0.15, 0.2) is 9.84 Å². The van der Waals surface area contributed by atoms with Gasteiger partial charge in [0, 0.05) is 18.3 Å². The van der Waals surface area contributed by atoms with Crippen molar-refractivity contribution in [1.82, 2.24) is 4.98 Å². The van der Waals surface area contributed by atoms with Gasteiger partial charge in [0.1, 0.15) is 5.82 Å². The van der Waals surface area contributed by atoms with Crippen molar-refractivity contribution in [3.63, 3.8) is 0 Å². The van der Waals surface area contributed by atoms with Crippen LogP contribution in [-0.4, -0.2) is 42.6 Å². The molecule has 1 unspecified atom stereocenters. The molecule has 0 amide bonds. The lowest BCUT2D eigenvalue weighted by molar-refractivity contribution is 0.280. The van der Waals surface area contributed by atoms with Gasteiger partial charge in [-0.3, -0.25) is 0 Å². The number of sulfone groups is 1. The average Bonchev–Trinajstić information content (AvgIpc) is 2.27. The van der Waals surface area contributed by atoms with E-state index in [0.717, 1.165) is 17.1 Å². The minimum atomic E-state index is -2.91. The number of hydrogen-bond donors (Lipinski definition) is 1. The number of nitrogens with zero attached hydrogens (tertiary/aromatic N) is 2. The molecule has 1 aromatic heterocycles. The molecule has 2 rings (SSSR count).